The molecule has 31 heavy (non-hydrogen) atoms. The quantitative estimate of drug-likeness (QED) is 0.586. The number of alkyl halides is 6. The van der Waals surface area contributed by atoms with Crippen molar-refractivity contribution in [2.75, 3.05) is 23.7 Å². The van der Waals surface area contributed by atoms with Gasteiger partial charge in [0.15, 0.2) is 5.69 Å². The van der Waals surface area contributed by atoms with Gasteiger partial charge in [0.05, 0.1) is 5.69 Å². The first-order valence-electron chi connectivity index (χ1n) is 9.66. The molecular formula is C18H19F6N5O2. The number of pyridine rings is 1. The number of nitrogen functional groups attached to an aromatic ring is 1. The average molecular weight is 451 g/mol. The second-order valence-electron chi connectivity index (χ2n) is 7.91. The fourth-order valence-corrected chi connectivity index (χ4v) is 4.07. The fourth-order valence-electron chi connectivity index (χ4n) is 4.07. The zero-order chi connectivity index (χ0) is 22.6. The molecule has 0 aliphatic carbocycles. The summed E-state index contributed by atoms with van der Waals surface area (Å²) >= 11 is 0. The van der Waals surface area contributed by atoms with Crippen molar-refractivity contribution in [2.45, 2.75) is 50.1 Å². The molecule has 2 aliphatic rings. The third-order valence-corrected chi connectivity index (χ3v) is 5.77. The van der Waals surface area contributed by atoms with E-state index in [4.69, 9.17) is 10.2 Å². The zero-order valence-corrected chi connectivity index (χ0v) is 16.1. The summed E-state index contributed by atoms with van der Waals surface area (Å²) < 4.78 is 86.9. The summed E-state index contributed by atoms with van der Waals surface area (Å²) in [4.78, 5) is 5.47. The second-order valence-corrected chi connectivity index (χ2v) is 7.91. The molecule has 13 heteroatoms. The molecule has 2 aromatic heterocycles. The summed E-state index contributed by atoms with van der Waals surface area (Å²) in [6, 6.07) is 0.663. The van der Waals surface area contributed by atoms with Gasteiger partial charge in [-0.15, -0.1) is 10.2 Å². The van der Waals surface area contributed by atoms with Crippen molar-refractivity contribution >= 4 is 11.5 Å². The van der Waals surface area contributed by atoms with Crippen LogP contribution in [0.2, 0.25) is 0 Å². The first-order valence-corrected chi connectivity index (χ1v) is 9.66. The van der Waals surface area contributed by atoms with E-state index in [1.165, 1.54) is 4.90 Å². The fraction of sp³-hybridized carbons (Fsp3) is 0.611. The molecule has 7 nitrogen and oxygen atoms in total. The Hall–Kier alpha value is -2.57. The lowest BCUT2D eigenvalue weighted by Crippen LogP contribution is -2.42. The molecule has 0 saturated carbocycles. The van der Waals surface area contributed by atoms with Gasteiger partial charge in [0.25, 0.3) is 11.8 Å². The molecule has 0 aromatic carbocycles. The Bertz CT molecular complexity index is 975. The van der Waals surface area contributed by atoms with Gasteiger partial charge in [0.2, 0.25) is 5.60 Å². The number of nitrogens with two attached hydrogens (primary N) is 1. The van der Waals surface area contributed by atoms with Crippen molar-refractivity contribution in [1.82, 2.24) is 15.2 Å². The van der Waals surface area contributed by atoms with Gasteiger partial charge >= 0.3 is 12.4 Å². The van der Waals surface area contributed by atoms with E-state index in [1.54, 1.807) is 0 Å². The summed E-state index contributed by atoms with van der Waals surface area (Å²) in [6.45, 7) is 0.587. The Kier molecular flexibility index (Phi) is 5.06. The highest BCUT2D eigenvalue weighted by molar-refractivity contribution is 5.71. The van der Waals surface area contributed by atoms with Gasteiger partial charge in [-0.3, -0.25) is 0 Å². The van der Waals surface area contributed by atoms with Crippen LogP contribution in [-0.4, -0.2) is 39.6 Å². The number of aromatic nitrogens is 3. The maximum Gasteiger partial charge on any atom is 0.426 e. The minimum Gasteiger partial charge on any atom is -0.416 e. The predicted octanol–water partition coefficient (Wildman–Crippen LogP) is 3.88. The van der Waals surface area contributed by atoms with Crippen LogP contribution in [0.3, 0.4) is 0 Å². The summed E-state index contributed by atoms with van der Waals surface area (Å²) in [5.74, 6) is -2.09. The van der Waals surface area contributed by atoms with Gasteiger partial charge in [0.1, 0.15) is 11.4 Å². The number of anilines is 2. The monoisotopic (exact) mass is 451 g/mol. The second kappa shape index (κ2) is 7.24. The number of hydrogen-bond acceptors (Lipinski definition) is 7. The third kappa shape index (κ3) is 3.79. The molecule has 0 radical (unpaired) electrons. The molecule has 4 heterocycles. The van der Waals surface area contributed by atoms with Gasteiger partial charge < -0.3 is 20.2 Å². The van der Waals surface area contributed by atoms with E-state index in [0.29, 0.717) is 31.9 Å². The first-order chi connectivity index (χ1) is 14.4. The van der Waals surface area contributed by atoms with Crippen molar-refractivity contribution in [3.63, 3.8) is 0 Å². The standard InChI is InChI=1S/C18H19F6N5O2/c19-17(20,21)10-7-11(25)12-14-27-28-15(31-14)16(30,18(22,23)24)5-2-1-3-9-4-6-29(8-9)13(10)26-12/h7,9,30H,1-6,8,25H2. The molecule has 0 spiro atoms. The normalized spacial score (nSPS) is 24.9. The van der Waals surface area contributed by atoms with Crippen LogP contribution in [0.1, 0.15) is 43.6 Å². The van der Waals surface area contributed by atoms with E-state index in [2.05, 4.69) is 15.2 Å². The highest BCUT2D eigenvalue weighted by atomic mass is 19.4. The van der Waals surface area contributed by atoms with Crippen LogP contribution in [0.25, 0.3) is 11.6 Å². The van der Waals surface area contributed by atoms with Gasteiger partial charge in [-0.05, 0) is 37.7 Å². The van der Waals surface area contributed by atoms with Gasteiger partial charge in [-0.25, -0.2) is 4.98 Å². The Balaban J connectivity index is 1.89. The lowest BCUT2D eigenvalue weighted by atomic mass is 9.93. The Labute approximate surface area is 172 Å². The Morgan fingerprint density at radius 2 is 1.87 bits per heavy atom. The largest absolute Gasteiger partial charge is 0.426 e. The lowest BCUT2D eigenvalue weighted by Gasteiger charge is -2.27. The van der Waals surface area contributed by atoms with Crippen LogP contribution in [0.4, 0.5) is 37.8 Å². The molecule has 4 rings (SSSR count). The van der Waals surface area contributed by atoms with E-state index in [-0.39, 0.29) is 30.4 Å². The molecule has 3 N–H and O–H groups in total. The SMILES string of the molecule is Nc1cc(C(F)(F)F)c2nc1-c1nnc(o1)C(O)(C(F)(F)F)CCCCC1CCN2C1. The molecule has 2 unspecified atom stereocenters. The smallest absolute Gasteiger partial charge is 0.416 e. The molecular weight excluding hydrogens is 432 g/mol. The van der Waals surface area contributed by atoms with Gasteiger partial charge in [0, 0.05) is 13.1 Å². The van der Waals surface area contributed by atoms with Crippen molar-refractivity contribution in [3.8, 4) is 11.6 Å². The van der Waals surface area contributed by atoms with E-state index in [1.807, 2.05) is 0 Å². The highest BCUT2D eigenvalue weighted by Gasteiger charge is 2.58. The number of halogens is 6. The number of aliphatic hydroxyl groups is 1. The van der Waals surface area contributed by atoms with Crippen molar-refractivity contribution in [3.05, 3.63) is 17.5 Å². The van der Waals surface area contributed by atoms with Crippen LogP contribution in [-0.2, 0) is 11.8 Å². The molecule has 6 bridgehead atoms. The van der Waals surface area contributed by atoms with E-state index >= 15 is 0 Å². The Morgan fingerprint density at radius 1 is 1.13 bits per heavy atom. The number of nitrogens with zero attached hydrogens (tertiary/aromatic N) is 4. The minimum absolute atomic E-state index is 0.00606. The summed E-state index contributed by atoms with van der Waals surface area (Å²) in [6.07, 6.45) is -9.07. The van der Waals surface area contributed by atoms with Crippen LogP contribution < -0.4 is 10.6 Å². The average Bonchev–Trinajstić information content (AvgIpc) is 3.32. The zero-order valence-electron chi connectivity index (χ0n) is 16.1. The maximum absolute atomic E-state index is 13.6. The maximum atomic E-state index is 13.6. The van der Waals surface area contributed by atoms with E-state index in [0.717, 1.165) is 0 Å². The summed E-state index contributed by atoms with van der Waals surface area (Å²) in [5, 5.41) is 17.2. The van der Waals surface area contributed by atoms with Crippen LogP contribution >= 0.6 is 0 Å². The van der Waals surface area contributed by atoms with Crippen molar-refractivity contribution in [2.24, 2.45) is 5.92 Å². The van der Waals surface area contributed by atoms with Gasteiger partial charge in [-0.1, -0.05) is 6.42 Å². The van der Waals surface area contributed by atoms with Crippen molar-refractivity contribution in [1.29, 1.82) is 0 Å². The third-order valence-electron chi connectivity index (χ3n) is 5.77. The lowest BCUT2D eigenvalue weighted by molar-refractivity contribution is -0.277. The summed E-state index contributed by atoms with van der Waals surface area (Å²) in [7, 11) is 0. The van der Waals surface area contributed by atoms with Gasteiger partial charge in [-0.2, -0.15) is 26.3 Å². The molecule has 2 aliphatic heterocycles. The topological polar surface area (TPSA) is 101 Å². The van der Waals surface area contributed by atoms with Crippen LogP contribution in [0.15, 0.2) is 10.5 Å². The molecule has 2 aromatic rings. The van der Waals surface area contributed by atoms with Crippen LogP contribution in [0.5, 0.6) is 0 Å². The predicted molar refractivity (Wildman–Crippen MR) is 95.7 cm³/mol. The molecule has 1 saturated heterocycles. The minimum atomic E-state index is -5.09. The van der Waals surface area contributed by atoms with Crippen LogP contribution in [0, 0.1) is 5.92 Å². The molecule has 170 valence electrons. The number of hydrogen-bond donors (Lipinski definition) is 2. The number of fused-ring (bicyclic) bond motifs is 8. The molecule has 0 amide bonds. The van der Waals surface area contributed by atoms with Crippen molar-refractivity contribution < 1.29 is 35.9 Å². The highest BCUT2D eigenvalue weighted by Crippen LogP contribution is 2.45. The number of rotatable bonds is 0. The Morgan fingerprint density at radius 3 is 2.55 bits per heavy atom. The van der Waals surface area contributed by atoms with E-state index in [9.17, 15) is 31.4 Å². The molecule has 1 fully saturated rings. The van der Waals surface area contributed by atoms with E-state index < -0.39 is 47.4 Å². The first kappa shape index (κ1) is 21.7. The molecule has 2 atom stereocenters. The summed E-state index contributed by atoms with van der Waals surface area (Å²) in [5.41, 5.74) is 0.445.